The molecular weight excluding hydrogens is 349 g/mol. The minimum atomic E-state index is -4.80. The van der Waals surface area contributed by atoms with Gasteiger partial charge in [0.15, 0.2) is 0 Å². The number of carbonyl (C=O) groups is 1. The van der Waals surface area contributed by atoms with Crippen LogP contribution < -0.4 is 10.6 Å². The van der Waals surface area contributed by atoms with E-state index in [9.17, 15) is 18.0 Å². The number of hydrogen-bond donors (Lipinski definition) is 2. The summed E-state index contributed by atoms with van der Waals surface area (Å²) in [5, 5.41) is 5.06. The fourth-order valence-corrected chi connectivity index (χ4v) is 1.97. The number of halogens is 3. The van der Waals surface area contributed by atoms with Gasteiger partial charge in [-0.1, -0.05) is 6.92 Å². The van der Waals surface area contributed by atoms with E-state index in [0.717, 1.165) is 19.6 Å². The number of hydrogen-bond acceptors (Lipinski definition) is 4. The third-order valence-corrected chi connectivity index (χ3v) is 3.27. The van der Waals surface area contributed by atoms with E-state index in [2.05, 4.69) is 26.8 Å². The summed E-state index contributed by atoms with van der Waals surface area (Å²) in [6.45, 7) is 5.86. The summed E-state index contributed by atoms with van der Waals surface area (Å²) >= 11 is 0. The maximum Gasteiger partial charge on any atom is 0.471 e. The topological polar surface area (TPSA) is 76.8 Å². The Kier molecular flexibility index (Phi) is 10.1. The molecule has 0 aromatic carbocycles. The maximum absolute atomic E-state index is 11.7. The molecule has 146 valence electrons. The zero-order valence-electron chi connectivity index (χ0n) is 14.7. The molecule has 0 spiro atoms. The molecule has 26 heavy (non-hydrogen) atoms. The molecule has 0 saturated carbocycles. The molecule has 2 aromatic heterocycles. The summed E-state index contributed by atoms with van der Waals surface area (Å²) < 4.78 is 39.0. The van der Waals surface area contributed by atoms with Gasteiger partial charge in [0.2, 0.25) is 0 Å². The van der Waals surface area contributed by atoms with E-state index in [1.165, 1.54) is 6.42 Å². The van der Waals surface area contributed by atoms with Crippen molar-refractivity contribution in [1.29, 1.82) is 0 Å². The highest BCUT2D eigenvalue weighted by Crippen LogP contribution is 2.13. The zero-order valence-corrected chi connectivity index (χ0v) is 14.7. The summed E-state index contributed by atoms with van der Waals surface area (Å²) in [4.78, 5) is 18.1. The zero-order chi connectivity index (χ0) is 19.3. The van der Waals surface area contributed by atoms with Crippen molar-refractivity contribution in [3.05, 3.63) is 37.4 Å². The first-order valence-electron chi connectivity index (χ1n) is 8.40. The first-order chi connectivity index (χ1) is 12.4. The van der Waals surface area contributed by atoms with Crippen molar-refractivity contribution < 1.29 is 18.0 Å². The predicted octanol–water partition coefficient (Wildman–Crippen LogP) is 1.83. The van der Waals surface area contributed by atoms with Crippen LogP contribution in [0.2, 0.25) is 0 Å². The summed E-state index contributed by atoms with van der Waals surface area (Å²) in [5.74, 6) is -1.90. The number of nitrogens with one attached hydrogen (secondary N) is 2. The van der Waals surface area contributed by atoms with Crippen LogP contribution in [0.3, 0.4) is 0 Å². The van der Waals surface area contributed by atoms with Crippen LogP contribution in [0.25, 0.3) is 0 Å². The van der Waals surface area contributed by atoms with Crippen molar-refractivity contribution in [2.75, 3.05) is 19.6 Å². The fourth-order valence-electron chi connectivity index (χ4n) is 1.97. The first kappa shape index (κ1) is 21.7. The van der Waals surface area contributed by atoms with Gasteiger partial charge < -0.3 is 19.8 Å². The van der Waals surface area contributed by atoms with Crippen molar-refractivity contribution in [3.63, 3.8) is 0 Å². The molecule has 2 aromatic rings. The van der Waals surface area contributed by atoms with Crippen LogP contribution in [-0.2, 0) is 17.9 Å². The molecule has 0 aliphatic carbocycles. The molecule has 2 N–H and O–H groups in total. The van der Waals surface area contributed by atoms with Crippen LogP contribution in [0.4, 0.5) is 13.2 Å². The van der Waals surface area contributed by atoms with Gasteiger partial charge in [0, 0.05) is 44.4 Å². The molecule has 1 amide bonds. The van der Waals surface area contributed by atoms with E-state index < -0.39 is 12.1 Å². The number of imidazole rings is 2. The summed E-state index contributed by atoms with van der Waals surface area (Å²) in [5.41, 5.74) is 0. The lowest BCUT2D eigenvalue weighted by molar-refractivity contribution is -0.173. The Hall–Kier alpha value is -2.36. The van der Waals surface area contributed by atoms with Crippen LogP contribution in [0.1, 0.15) is 19.8 Å². The lowest BCUT2D eigenvalue weighted by Gasteiger charge is -2.07. The number of carbonyl (C=O) groups excluding carboxylic acids is 1. The lowest BCUT2D eigenvalue weighted by atomic mass is 10.4. The summed E-state index contributed by atoms with van der Waals surface area (Å²) in [6, 6.07) is 0. The second-order valence-corrected chi connectivity index (χ2v) is 5.42. The molecule has 10 heteroatoms. The Morgan fingerprint density at radius 1 is 1.00 bits per heavy atom. The maximum atomic E-state index is 11.7. The molecule has 0 radical (unpaired) electrons. The molecule has 7 nitrogen and oxygen atoms in total. The van der Waals surface area contributed by atoms with E-state index in [4.69, 9.17) is 0 Å². The van der Waals surface area contributed by atoms with Gasteiger partial charge >= 0.3 is 12.1 Å². The lowest BCUT2D eigenvalue weighted by Crippen LogP contribution is -2.37. The van der Waals surface area contributed by atoms with E-state index in [1.807, 2.05) is 18.7 Å². The highest BCUT2D eigenvalue weighted by molar-refractivity contribution is 5.81. The monoisotopic (exact) mass is 374 g/mol. The molecule has 2 rings (SSSR count). The van der Waals surface area contributed by atoms with Gasteiger partial charge in [0.25, 0.3) is 0 Å². The summed E-state index contributed by atoms with van der Waals surface area (Å²) in [6.07, 6.45) is 7.30. The van der Waals surface area contributed by atoms with Crippen LogP contribution in [-0.4, -0.2) is 50.8 Å². The van der Waals surface area contributed by atoms with Gasteiger partial charge in [0.05, 0.1) is 12.7 Å². The largest absolute Gasteiger partial charge is 0.471 e. The standard InChI is InChI=1S/C8H10F3N3O.C8H15N3/c9-8(10,11)7(15)13-2-1-4-14-5-3-12-6-14;1-2-9-4-3-6-11-7-5-10-8-11/h3,5-6H,1-2,4H2,(H,13,15);5,7-9H,2-4,6H2,1H3. The molecule has 2 heterocycles. The Bertz CT molecular complexity index is 584. The minimum Gasteiger partial charge on any atom is -0.348 e. The van der Waals surface area contributed by atoms with Gasteiger partial charge in [0.1, 0.15) is 0 Å². The number of aryl methyl sites for hydroxylation is 2. The van der Waals surface area contributed by atoms with Gasteiger partial charge in [-0.05, 0) is 25.9 Å². The van der Waals surface area contributed by atoms with E-state index >= 15 is 0 Å². The van der Waals surface area contributed by atoms with Crippen molar-refractivity contribution in [1.82, 2.24) is 29.7 Å². The van der Waals surface area contributed by atoms with Gasteiger partial charge in [-0.3, -0.25) is 4.79 Å². The molecular formula is C16H25F3N6O. The van der Waals surface area contributed by atoms with Crippen LogP contribution >= 0.6 is 0 Å². The minimum absolute atomic E-state index is 0.00345. The normalized spacial score (nSPS) is 10.9. The van der Waals surface area contributed by atoms with Crippen molar-refractivity contribution in [3.8, 4) is 0 Å². The molecule has 0 aliphatic rings. The quantitative estimate of drug-likeness (QED) is 0.657. The van der Waals surface area contributed by atoms with Gasteiger partial charge in [-0.2, -0.15) is 13.2 Å². The Labute approximate surface area is 150 Å². The second-order valence-electron chi connectivity index (χ2n) is 5.42. The molecule has 0 atom stereocenters. The number of aromatic nitrogens is 4. The van der Waals surface area contributed by atoms with Gasteiger partial charge in [-0.25, -0.2) is 9.97 Å². The van der Waals surface area contributed by atoms with Crippen LogP contribution in [0.5, 0.6) is 0 Å². The molecule has 0 saturated heterocycles. The third-order valence-electron chi connectivity index (χ3n) is 3.27. The number of alkyl halides is 3. The Morgan fingerprint density at radius 2 is 1.54 bits per heavy atom. The van der Waals surface area contributed by atoms with E-state index in [0.29, 0.717) is 13.0 Å². The average Bonchev–Trinajstić information content (AvgIpc) is 3.29. The van der Waals surface area contributed by atoms with Crippen LogP contribution in [0.15, 0.2) is 37.4 Å². The van der Waals surface area contributed by atoms with E-state index in [1.54, 1.807) is 28.6 Å². The SMILES string of the molecule is CCNCCCn1ccnc1.O=C(NCCCn1ccnc1)C(F)(F)F. The van der Waals surface area contributed by atoms with Crippen molar-refractivity contribution in [2.45, 2.75) is 39.0 Å². The third kappa shape index (κ3) is 9.82. The smallest absolute Gasteiger partial charge is 0.348 e. The molecule has 0 aliphatic heterocycles. The molecule has 0 fully saturated rings. The number of rotatable bonds is 9. The number of nitrogens with zero attached hydrogens (tertiary/aromatic N) is 4. The highest BCUT2D eigenvalue weighted by atomic mass is 19.4. The molecule has 0 bridgehead atoms. The fraction of sp³-hybridized carbons (Fsp3) is 0.562. The average molecular weight is 374 g/mol. The van der Waals surface area contributed by atoms with Crippen molar-refractivity contribution >= 4 is 5.91 Å². The predicted molar refractivity (Wildman–Crippen MR) is 91.3 cm³/mol. The number of amides is 1. The van der Waals surface area contributed by atoms with Crippen molar-refractivity contribution in [2.24, 2.45) is 0 Å². The Balaban J connectivity index is 0.000000273. The summed E-state index contributed by atoms with van der Waals surface area (Å²) in [7, 11) is 0. The second kappa shape index (κ2) is 12.1. The van der Waals surface area contributed by atoms with E-state index in [-0.39, 0.29) is 6.54 Å². The Morgan fingerprint density at radius 3 is 1.96 bits per heavy atom. The van der Waals surface area contributed by atoms with Crippen LogP contribution in [0, 0.1) is 0 Å². The van der Waals surface area contributed by atoms with Gasteiger partial charge in [-0.15, -0.1) is 0 Å². The highest BCUT2D eigenvalue weighted by Gasteiger charge is 2.38. The molecule has 0 unspecified atom stereocenters. The first-order valence-corrected chi connectivity index (χ1v) is 8.40.